The maximum atomic E-state index is 13.4. The Labute approximate surface area is 152 Å². The van der Waals surface area contributed by atoms with Crippen molar-refractivity contribution in [2.75, 3.05) is 46.8 Å². The molecule has 0 bridgehead atoms. The second-order valence-electron chi connectivity index (χ2n) is 6.58. The third-order valence-corrected chi connectivity index (χ3v) is 5.61. The highest BCUT2D eigenvalue weighted by Gasteiger charge is 2.44. The molecule has 0 saturated carbocycles. The van der Waals surface area contributed by atoms with Crippen LogP contribution in [0, 0.1) is 0 Å². The molecule has 0 aromatic heterocycles. The zero-order valence-electron chi connectivity index (χ0n) is 14.9. The average molecular weight is 394 g/mol. The van der Waals surface area contributed by atoms with Gasteiger partial charge in [0.2, 0.25) is 10.0 Å². The number of hydrogen-bond acceptors (Lipinski definition) is 5. The molecule has 2 rings (SSSR count). The molecule has 148 valence electrons. The summed E-state index contributed by atoms with van der Waals surface area (Å²) < 4.78 is 66.9. The number of sulfonamides is 1. The zero-order valence-corrected chi connectivity index (χ0v) is 15.7. The van der Waals surface area contributed by atoms with Gasteiger partial charge in [-0.2, -0.15) is 13.2 Å². The molecule has 0 radical (unpaired) electrons. The van der Waals surface area contributed by atoms with Gasteiger partial charge in [-0.15, -0.1) is 0 Å². The number of benzene rings is 1. The normalized spacial score (nSPS) is 18.2. The molecule has 2 N–H and O–H groups in total. The van der Waals surface area contributed by atoms with Crippen LogP contribution < -0.4 is 10.0 Å². The molecule has 0 aliphatic carbocycles. The van der Waals surface area contributed by atoms with E-state index >= 15 is 0 Å². The fraction of sp³-hybridized carbons (Fsp3) is 0.625. The largest absolute Gasteiger partial charge is 0.405 e. The molecule has 1 aliphatic heterocycles. The Hall–Kier alpha value is -1.20. The summed E-state index contributed by atoms with van der Waals surface area (Å²) in [5, 5.41) is 2.99. The van der Waals surface area contributed by atoms with Crippen LogP contribution in [0.15, 0.2) is 29.2 Å². The number of rotatable bonds is 7. The second-order valence-corrected chi connectivity index (χ2v) is 8.34. The third kappa shape index (κ3) is 5.92. The van der Waals surface area contributed by atoms with E-state index in [1.54, 1.807) is 12.1 Å². The van der Waals surface area contributed by atoms with Gasteiger partial charge < -0.3 is 10.2 Å². The summed E-state index contributed by atoms with van der Waals surface area (Å²) in [6.45, 7) is 1.30. The van der Waals surface area contributed by atoms with E-state index in [1.807, 2.05) is 19.0 Å². The summed E-state index contributed by atoms with van der Waals surface area (Å²) in [6, 6.07) is 4.30. The molecule has 1 fully saturated rings. The molecule has 1 aromatic carbocycles. The molecule has 26 heavy (non-hydrogen) atoms. The van der Waals surface area contributed by atoms with E-state index in [9.17, 15) is 21.6 Å². The summed E-state index contributed by atoms with van der Waals surface area (Å²) in [6.07, 6.45) is -4.50. The van der Waals surface area contributed by atoms with Crippen LogP contribution >= 0.6 is 0 Å². The van der Waals surface area contributed by atoms with Gasteiger partial charge in [0.1, 0.15) is 6.04 Å². The lowest BCUT2D eigenvalue weighted by Crippen LogP contribution is -2.57. The molecule has 6 nitrogen and oxygen atoms in total. The molecule has 1 aliphatic rings. The van der Waals surface area contributed by atoms with E-state index in [0.717, 1.165) is 5.56 Å². The van der Waals surface area contributed by atoms with Crippen molar-refractivity contribution in [3.8, 4) is 0 Å². The van der Waals surface area contributed by atoms with Crippen molar-refractivity contribution in [1.82, 2.24) is 19.8 Å². The van der Waals surface area contributed by atoms with E-state index in [0.29, 0.717) is 19.6 Å². The van der Waals surface area contributed by atoms with Crippen LogP contribution in [-0.4, -0.2) is 77.3 Å². The molecule has 0 amide bonds. The highest BCUT2D eigenvalue weighted by atomic mass is 32.2. The Morgan fingerprint density at radius 1 is 1.19 bits per heavy atom. The van der Waals surface area contributed by atoms with E-state index < -0.39 is 28.8 Å². The minimum atomic E-state index is -4.50. The fourth-order valence-corrected chi connectivity index (χ4v) is 3.90. The number of halogens is 3. The van der Waals surface area contributed by atoms with Gasteiger partial charge in [-0.25, -0.2) is 13.1 Å². The van der Waals surface area contributed by atoms with Crippen LogP contribution in [0.25, 0.3) is 0 Å². The van der Waals surface area contributed by atoms with Crippen molar-refractivity contribution in [1.29, 1.82) is 0 Å². The van der Waals surface area contributed by atoms with Crippen LogP contribution in [0.1, 0.15) is 5.56 Å². The number of nitrogens with zero attached hydrogens (tertiary/aromatic N) is 2. The van der Waals surface area contributed by atoms with Crippen LogP contribution in [0.3, 0.4) is 0 Å². The molecule has 1 heterocycles. The molecule has 1 saturated heterocycles. The molecule has 0 spiro atoms. The van der Waals surface area contributed by atoms with Crippen molar-refractivity contribution in [3.63, 3.8) is 0 Å². The van der Waals surface area contributed by atoms with Gasteiger partial charge in [0.05, 0.1) is 4.90 Å². The predicted octanol–water partition coefficient (Wildman–Crippen LogP) is 0.863. The van der Waals surface area contributed by atoms with Crippen molar-refractivity contribution in [2.45, 2.75) is 23.7 Å². The molecular weight excluding hydrogens is 369 g/mol. The van der Waals surface area contributed by atoms with Crippen LogP contribution in [0.5, 0.6) is 0 Å². The first kappa shape index (κ1) is 21.1. The van der Waals surface area contributed by atoms with E-state index in [1.165, 1.54) is 17.0 Å². The highest BCUT2D eigenvalue weighted by molar-refractivity contribution is 7.89. The molecule has 1 aromatic rings. The minimum Gasteiger partial charge on any atom is -0.314 e. The topological polar surface area (TPSA) is 64.7 Å². The van der Waals surface area contributed by atoms with Gasteiger partial charge in [-0.1, -0.05) is 12.1 Å². The lowest BCUT2D eigenvalue weighted by atomic mass is 10.2. The van der Waals surface area contributed by atoms with Gasteiger partial charge in [0.25, 0.3) is 0 Å². The first-order chi connectivity index (χ1) is 12.1. The summed E-state index contributed by atoms with van der Waals surface area (Å²) >= 11 is 0. The zero-order chi connectivity index (χ0) is 19.4. The lowest BCUT2D eigenvalue weighted by molar-refractivity contribution is -0.182. The summed E-state index contributed by atoms with van der Waals surface area (Å²) in [7, 11) is -0.228. The lowest BCUT2D eigenvalue weighted by Gasteiger charge is -2.35. The minimum absolute atomic E-state index is 0.0405. The molecule has 1 atom stereocenters. The first-order valence-electron chi connectivity index (χ1n) is 8.34. The van der Waals surface area contributed by atoms with E-state index in [-0.39, 0.29) is 18.0 Å². The van der Waals surface area contributed by atoms with E-state index in [4.69, 9.17) is 0 Å². The Morgan fingerprint density at radius 2 is 1.77 bits per heavy atom. The first-order valence-corrected chi connectivity index (χ1v) is 9.83. The second kappa shape index (κ2) is 8.66. The highest BCUT2D eigenvalue weighted by Crippen LogP contribution is 2.25. The maximum absolute atomic E-state index is 13.4. The van der Waals surface area contributed by atoms with Crippen molar-refractivity contribution < 1.29 is 21.6 Å². The molecule has 10 heteroatoms. The third-order valence-electron chi connectivity index (χ3n) is 4.17. The average Bonchev–Trinajstić information content (AvgIpc) is 2.54. The van der Waals surface area contributed by atoms with E-state index in [2.05, 4.69) is 10.0 Å². The summed E-state index contributed by atoms with van der Waals surface area (Å²) in [5.41, 5.74) is 0.919. The molecule has 1 unspecified atom stereocenters. The Kier molecular flexibility index (Phi) is 7.03. The van der Waals surface area contributed by atoms with Crippen molar-refractivity contribution in [3.05, 3.63) is 29.8 Å². The van der Waals surface area contributed by atoms with Gasteiger partial charge in [0, 0.05) is 39.3 Å². The number of hydrogen-bond donors (Lipinski definition) is 2. The van der Waals surface area contributed by atoms with Crippen LogP contribution in [-0.2, 0) is 16.6 Å². The number of piperazine rings is 1. The fourth-order valence-electron chi connectivity index (χ4n) is 2.86. The quantitative estimate of drug-likeness (QED) is 0.718. The van der Waals surface area contributed by atoms with Crippen LogP contribution in [0.4, 0.5) is 13.2 Å². The maximum Gasteiger partial charge on any atom is 0.405 e. The molecular formula is C16H25F3N4O2S. The predicted molar refractivity (Wildman–Crippen MR) is 93.3 cm³/mol. The number of nitrogens with one attached hydrogen (secondary N) is 2. The Morgan fingerprint density at radius 3 is 2.27 bits per heavy atom. The van der Waals surface area contributed by atoms with Crippen LogP contribution in [0.2, 0.25) is 0 Å². The van der Waals surface area contributed by atoms with Gasteiger partial charge in [0.15, 0.2) is 0 Å². The van der Waals surface area contributed by atoms with Crippen molar-refractivity contribution >= 4 is 10.0 Å². The Balaban J connectivity index is 2.06. The SMILES string of the molecule is CN(C)Cc1ccc(S(=O)(=O)NCC(N2CCNCC2)C(F)(F)F)cc1. The monoisotopic (exact) mass is 394 g/mol. The van der Waals surface area contributed by atoms with Crippen molar-refractivity contribution in [2.24, 2.45) is 0 Å². The van der Waals surface area contributed by atoms with Gasteiger partial charge >= 0.3 is 6.18 Å². The Bertz CT molecular complexity index is 672. The number of alkyl halides is 3. The smallest absolute Gasteiger partial charge is 0.314 e. The summed E-state index contributed by atoms with van der Waals surface area (Å²) in [4.78, 5) is 3.16. The van der Waals surface area contributed by atoms with Gasteiger partial charge in [-0.3, -0.25) is 4.90 Å². The standard InChI is InChI=1S/C16H25F3N4O2S/c1-22(2)12-13-3-5-14(6-4-13)26(24,25)21-11-15(16(17,18)19)23-9-7-20-8-10-23/h3-6,15,20-21H,7-12H2,1-2H3. The van der Waals surface area contributed by atoms with Gasteiger partial charge in [-0.05, 0) is 31.8 Å². The summed E-state index contributed by atoms with van der Waals surface area (Å²) in [5.74, 6) is 0.